The summed E-state index contributed by atoms with van der Waals surface area (Å²) >= 11 is 0. The van der Waals surface area contributed by atoms with Crippen molar-refractivity contribution in [1.82, 2.24) is 10.6 Å². The summed E-state index contributed by atoms with van der Waals surface area (Å²) in [6.45, 7) is 1.87. The van der Waals surface area contributed by atoms with E-state index in [4.69, 9.17) is 4.74 Å². The molecule has 3 heteroatoms. The molecule has 0 amide bonds. The Morgan fingerprint density at radius 1 is 0.897 bits per heavy atom. The van der Waals surface area contributed by atoms with E-state index in [1.807, 2.05) is 12.1 Å². The van der Waals surface area contributed by atoms with Gasteiger partial charge in [0.25, 0.3) is 0 Å². The molecule has 29 heavy (non-hydrogen) atoms. The fourth-order valence-electron chi connectivity index (χ4n) is 4.51. The molecule has 0 bridgehead atoms. The largest absolute Gasteiger partial charge is 0.496 e. The molecule has 0 aromatic heterocycles. The number of hydrogen-bond donors (Lipinski definition) is 2. The third kappa shape index (κ3) is 4.69. The van der Waals surface area contributed by atoms with E-state index in [1.54, 1.807) is 7.11 Å². The van der Waals surface area contributed by atoms with Gasteiger partial charge in [0.05, 0.1) is 7.11 Å². The number of rotatable bonds is 7. The summed E-state index contributed by atoms with van der Waals surface area (Å²) in [7, 11) is 1.74. The Labute approximate surface area is 174 Å². The van der Waals surface area contributed by atoms with E-state index in [0.717, 1.165) is 18.8 Å². The molecule has 150 valence electrons. The number of hydrogen-bond acceptors (Lipinski definition) is 3. The average molecular weight is 387 g/mol. The molecule has 3 aromatic rings. The quantitative estimate of drug-likeness (QED) is 0.615. The van der Waals surface area contributed by atoms with Gasteiger partial charge in [0.1, 0.15) is 5.75 Å². The molecule has 1 aliphatic heterocycles. The van der Waals surface area contributed by atoms with Gasteiger partial charge in [0.2, 0.25) is 0 Å². The molecule has 1 saturated heterocycles. The molecule has 2 N–H and O–H groups in total. The molecule has 4 rings (SSSR count). The molecule has 0 saturated carbocycles. The van der Waals surface area contributed by atoms with Gasteiger partial charge in [-0.3, -0.25) is 0 Å². The second-order valence-electron chi connectivity index (χ2n) is 7.72. The SMILES string of the molecule is COc1ccccc1CN[C@@H]1CCCN[C@@H]1C(c1ccccc1)c1ccccc1. The van der Waals surface area contributed by atoms with Crippen LogP contribution in [0.5, 0.6) is 5.75 Å². The molecule has 0 radical (unpaired) electrons. The molecule has 3 aromatic carbocycles. The van der Waals surface area contributed by atoms with Gasteiger partial charge in [0, 0.05) is 30.1 Å². The van der Waals surface area contributed by atoms with Crippen LogP contribution in [-0.2, 0) is 6.54 Å². The first-order chi connectivity index (χ1) is 14.4. The van der Waals surface area contributed by atoms with E-state index in [-0.39, 0.29) is 0 Å². The van der Waals surface area contributed by atoms with Crippen LogP contribution in [-0.4, -0.2) is 25.7 Å². The van der Waals surface area contributed by atoms with Crippen molar-refractivity contribution in [3.05, 3.63) is 102 Å². The predicted octanol–water partition coefficient (Wildman–Crippen LogP) is 4.74. The summed E-state index contributed by atoms with van der Waals surface area (Å²) in [4.78, 5) is 0. The van der Waals surface area contributed by atoms with E-state index in [0.29, 0.717) is 18.0 Å². The highest BCUT2D eigenvalue weighted by atomic mass is 16.5. The Morgan fingerprint density at radius 2 is 1.52 bits per heavy atom. The highest BCUT2D eigenvalue weighted by Crippen LogP contribution is 2.32. The maximum Gasteiger partial charge on any atom is 0.123 e. The van der Waals surface area contributed by atoms with E-state index in [2.05, 4.69) is 83.4 Å². The highest BCUT2D eigenvalue weighted by molar-refractivity contribution is 5.36. The molecule has 0 unspecified atom stereocenters. The fourth-order valence-corrected chi connectivity index (χ4v) is 4.51. The third-order valence-electron chi connectivity index (χ3n) is 5.93. The van der Waals surface area contributed by atoms with Crippen LogP contribution in [0, 0.1) is 0 Å². The van der Waals surface area contributed by atoms with Crippen molar-refractivity contribution in [2.45, 2.75) is 37.4 Å². The summed E-state index contributed by atoms with van der Waals surface area (Å²) in [5, 5.41) is 7.68. The van der Waals surface area contributed by atoms with Crippen molar-refractivity contribution in [3.63, 3.8) is 0 Å². The Kier molecular flexibility index (Phi) is 6.60. The lowest BCUT2D eigenvalue weighted by Gasteiger charge is -2.39. The number of nitrogens with one attached hydrogen (secondary N) is 2. The zero-order valence-corrected chi connectivity index (χ0v) is 17.1. The second kappa shape index (κ2) is 9.73. The van der Waals surface area contributed by atoms with Crippen LogP contribution in [0.3, 0.4) is 0 Å². The molecule has 1 aliphatic rings. The molecule has 1 fully saturated rings. The molecule has 0 spiro atoms. The lowest BCUT2D eigenvalue weighted by atomic mass is 9.79. The molecule has 1 heterocycles. The van der Waals surface area contributed by atoms with Gasteiger partial charge >= 0.3 is 0 Å². The van der Waals surface area contributed by atoms with E-state index in [1.165, 1.54) is 29.5 Å². The number of ether oxygens (including phenoxy) is 1. The maximum absolute atomic E-state index is 5.54. The van der Waals surface area contributed by atoms with Crippen LogP contribution in [0.25, 0.3) is 0 Å². The maximum atomic E-state index is 5.54. The summed E-state index contributed by atoms with van der Waals surface area (Å²) < 4.78 is 5.54. The summed E-state index contributed by atoms with van der Waals surface area (Å²) in [6, 6.07) is 30.8. The van der Waals surface area contributed by atoms with Crippen LogP contribution < -0.4 is 15.4 Å². The lowest BCUT2D eigenvalue weighted by Crippen LogP contribution is -2.54. The zero-order chi connectivity index (χ0) is 19.9. The second-order valence-corrected chi connectivity index (χ2v) is 7.72. The predicted molar refractivity (Wildman–Crippen MR) is 119 cm³/mol. The van der Waals surface area contributed by atoms with Gasteiger partial charge in [-0.1, -0.05) is 78.9 Å². The van der Waals surface area contributed by atoms with Crippen molar-refractivity contribution >= 4 is 0 Å². The smallest absolute Gasteiger partial charge is 0.123 e. The van der Waals surface area contributed by atoms with Crippen molar-refractivity contribution in [2.24, 2.45) is 0 Å². The lowest BCUT2D eigenvalue weighted by molar-refractivity contribution is 0.279. The number of piperidine rings is 1. The van der Waals surface area contributed by atoms with Crippen LogP contribution in [0.15, 0.2) is 84.9 Å². The molecule has 0 aliphatic carbocycles. The van der Waals surface area contributed by atoms with Crippen molar-refractivity contribution in [3.8, 4) is 5.75 Å². The van der Waals surface area contributed by atoms with E-state index in [9.17, 15) is 0 Å². The van der Waals surface area contributed by atoms with Crippen molar-refractivity contribution < 1.29 is 4.74 Å². The van der Waals surface area contributed by atoms with Gasteiger partial charge in [-0.05, 0) is 36.6 Å². The minimum Gasteiger partial charge on any atom is -0.496 e. The summed E-state index contributed by atoms with van der Waals surface area (Å²) in [5.74, 6) is 1.26. The monoisotopic (exact) mass is 386 g/mol. The minimum absolute atomic E-state index is 0.313. The third-order valence-corrected chi connectivity index (χ3v) is 5.93. The first-order valence-corrected chi connectivity index (χ1v) is 10.6. The Bertz CT molecular complexity index is 842. The Morgan fingerprint density at radius 3 is 2.17 bits per heavy atom. The first-order valence-electron chi connectivity index (χ1n) is 10.6. The summed E-state index contributed by atoms with van der Waals surface area (Å²) in [6.07, 6.45) is 2.36. The molecular formula is C26H30N2O. The Hall–Kier alpha value is -2.62. The van der Waals surface area contributed by atoms with Crippen LogP contribution in [0.1, 0.15) is 35.4 Å². The highest BCUT2D eigenvalue weighted by Gasteiger charge is 2.33. The van der Waals surface area contributed by atoms with Gasteiger partial charge in [-0.25, -0.2) is 0 Å². The number of methoxy groups -OCH3 is 1. The van der Waals surface area contributed by atoms with Crippen molar-refractivity contribution in [2.75, 3.05) is 13.7 Å². The van der Waals surface area contributed by atoms with Crippen LogP contribution in [0.2, 0.25) is 0 Å². The normalized spacial score (nSPS) is 19.2. The van der Waals surface area contributed by atoms with Gasteiger partial charge in [-0.2, -0.15) is 0 Å². The average Bonchev–Trinajstić information content (AvgIpc) is 2.80. The topological polar surface area (TPSA) is 33.3 Å². The molecule has 3 nitrogen and oxygen atoms in total. The molecule has 2 atom stereocenters. The van der Waals surface area contributed by atoms with Gasteiger partial charge < -0.3 is 15.4 Å². The fraction of sp³-hybridized carbons (Fsp3) is 0.308. The van der Waals surface area contributed by atoms with Gasteiger partial charge in [0.15, 0.2) is 0 Å². The van der Waals surface area contributed by atoms with E-state index >= 15 is 0 Å². The van der Waals surface area contributed by atoms with Crippen LogP contribution >= 0.6 is 0 Å². The number of benzene rings is 3. The standard InChI is InChI=1S/C26H30N2O/c1-29-24-17-9-8-15-22(24)19-28-23-16-10-18-27-26(23)25(20-11-4-2-5-12-20)21-13-6-3-7-14-21/h2-9,11-15,17,23,25-28H,10,16,18-19H2,1H3/t23-,26+/m1/s1. The zero-order valence-electron chi connectivity index (χ0n) is 17.1. The van der Waals surface area contributed by atoms with E-state index < -0.39 is 0 Å². The minimum atomic E-state index is 0.313. The summed E-state index contributed by atoms with van der Waals surface area (Å²) in [5.41, 5.74) is 3.93. The Balaban J connectivity index is 1.60. The molecular weight excluding hydrogens is 356 g/mol. The van der Waals surface area contributed by atoms with Crippen LogP contribution in [0.4, 0.5) is 0 Å². The first kappa shape index (κ1) is 19.7. The van der Waals surface area contributed by atoms with Gasteiger partial charge in [-0.15, -0.1) is 0 Å². The van der Waals surface area contributed by atoms with Crippen molar-refractivity contribution in [1.29, 1.82) is 0 Å². The number of para-hydroxylation sites is 1.